The molecule has 2 heterocycles. The first-order valence-corrected chi connectivity index (χ1v) is 9.46. The van der Waals surface area contributed by atoms with Crippen LogP contribution in [0.25, 0.3) is 0 Å². The predicted molar refractivity (Wildman–Crippen MR) is 87.6 cm³/mol. The third-order valence-corrected chi connectivity index (χ3v) is 7.40. The summed E-state index contributed by atoms with van der Waals surface area (Å²) in [6.07, 6.45) is 1.50. The van der Waals surface area contributed by atoms with Gasteiger partial charge in [0.1, 0.15) is 0 Å². The van der Waals surface area contributed by atoms with E-state index in [4.69, 9.17) is 4.74 Å². The molecule has 0 bridgehead atoms. The fourth-order valence-corrected chi connectivity index (χ4v) is 5.96. The van der Waals surface area contributed by atoms with E-state index in [-0.39, 0.29) is 12.2 Å². The molecule has 2 nitrogen and oxygen atoms in total. The summed E-state index contributed by atoms with van der Waals surface area (Å²) in [5.74, 6) is 2.36. The number of hydrogen-bond acceptors (Lipinski definition) is 4. The van der Waals surface area contributed by atoms with Crippen LogP contribution in [0.3, 0.4) is 0 Å². The molecule has 0 amide bonds. The maximum Gasteiger partial charge on any atom is 0.0852 e. The van der Waals surface area contributed by atoms with Crippen molar-refractivity contribution in [3.8, 4) is 0 Å². The fourth-order valence-electron chi connectivity index (χ4n) is 3.10. The number of hydrogen-bond donors (Lipinski definition) is 1. The van der Waals surface area contributed by atoms with E-state index in [1.807, 2.05) is 23.5 Å². The van der Waals surface area contributed by atoms with Crippen molar-refractivity contribution in [2.45, 2.75) is 42.5 Å². The molecule has 1 fully saturated rings. The Labute approximate surface area is 129 Å². The second-order valence-corrected chi connectivity index (χ2v) is 8.29. The van der Waals surface area contributed by atoms with Crippen molar-refractivity contribution in [2.24, 2.45) is 0 Å². The van der Waals surface area contributed by atoms with Crippen molar-refractivity contribution in [1.82, 2.24) is 0 Å². The van der Waals surface area contributed by atoms with Gasteiger partial charge in [0, 0.05) is 28.4 Å². The molecule has 4 atom stereocenters. The Morgan fingerprint density at radius 1 is 1.30 bits per heavy atom. The van der Waals surface area contributed by atoms with E-state index in [2.05, 4.69) is 31.2 Å². The molecule has 4 unspecified atom stereocenters. The van der Waals surface area contributed by atoms with Crippen LogP contribution in [-0.4, -0.2) is 39.8 Å². The number of aliphatic hydroxyl groups excluding tert-OH is 1. The third kappa shape index (κ3) is 3.19. The summed E-state index contributed by atoms with van der Waals surface area (Å²) in [7, 11) is 0. The average Bonchev–Trinajstić information content (AvgIpc) is 2.48. The zero-order valence-electron chi connectivity index (χ0n) is 11.8. The van der Waals surface area contributed by atoms with Gasteiger partial charge >= 0.3 is 0 Å². The van der Waals surface area contributed by atoms with Gasteiger partial charge in [0.2, 0.25) is 0 Å². The van der Waals surface area contributed by atoms with Crippen LogP contribution >= 0.6 is 23.5 Å². The Balaban J connectivity index is 1.69. The van der Waals surface area contributed by atoms with Crippen molar-refractivity contribution >= 4 is 23.5 Å². The normalized spacial score (nSPS) is 31.6. The maximum atomic E-state index is 10.6. The standard InChI is InChI=1S/C16H22O2S2/c1-11-16(20-9-8-19-11)14(17)10-15-13-5-3-2-4-12(13)6-7-18-15/h2-5,11,14-17H,6-10H2,1H3. The molecule has 1 aromatic rings. The highest BCUT2D eigenvalue weighted by Gasteiger charge is 2.32. The molecule has 0 aromatic heterocycles. The van der Waals surface area contributed by atoms with Crippen molar-refractivity contribution in [3.05, 3.63) is 35.4 Å². The molecule has 1 N–H and O–H groups in total. The predicted octanol–water partition coefficient (Wildman–Crippen LogP) is 3.29. The lowest BCUT2D eigenvalue weighted by atomic mass is 9.93. The number of rotatable bonds is 3. The highest BCUT2D eigenvalue weighted by molar-refractivity contribution is 8.07. The van der Waals surface area contributed by atoms with E-state index in [1.165, 1.54) is 16.9 Å². The molecule has 2 aliphatic rings. The van der Waals surface area contributed by atoms with Crippen LogP contribution in [0.4, 0.5) is 0 Å². The first-order valence-electron chi connectivity index (χ1n) is 7.36. The number of fused-ring (bicyclic) bond motifs is 1. The van der Waals surface area contributed by atoms with Gasteiger partial charge in [-0.2, -0.15) is 23.5 Å². The smallest absolute Gasteiger partial charge is 0.0852 e. The summed E-state index contributed by atoms with van der Waals surface area (Å²) < 4.78 is 5.93. The summed E-state index contributed by atoms with van der Waals surface area (Å²) in [5.41, 5.74) is 2.66. The van der Waals surface area contributed by atoms with E-state index < -0.39 is 0 Å². The summed E-state index contributed by atoms with van der Waals surface area (Å²) in [6.45, 7) is 3.01. The van der Waals surface area contributed by atoms with Gasteiger partial charge in [-0.3, -0.25) is 0 Å². The summed E-state index contributed by atoms with van der Waals surface area (Å²) >= 11 is 3.90. The first-order chi connectivity index (χ1) is 9.75. The second kappa shape index (κ2) is 6.73. The van der Waals surface area contributed by atoms with Crippen LogP contribution in [0, 0.1) is 0 Å². The summed E-state index contributed by atoms with van der Waals surface area (Å²) in [5, 5.41) is 11.5. The molecule has 1 saturated heterocycles. The molecule has 20 heavy (non-hydrogen) atoms. The topological polar surface area (TPSA) is 29.5 Å². The lowest BCUT2D eigenvalue weighted by Gasteiger charge is -2.34. The minimum atomic E-state index is -0.279. The van der Waals surface area contributed by atoms with Gasteiger partial charge in [-0.15, -0.1) is 0 Å². The van der Waals surface area contributed by atoms with Crippen LogP contribution in [0.2, 0.25) is 0 Å². The van der Waals surface area contributed by atoms with Gasteiger partial charge < -0.3 is 9.84 Å². The fraction of sp³-hybridized carbons (Fsp3) is 0.625. The maximum absolute atomic E-state index is 10.6. The van der Waals surface area contributed by atoms with E-state index in [0.29, 0.717) is 10.5 Å². The van der Waals surface area contributed by atoms with Gasteiger partial charge in [0.15, 0.2) is 0 Å². The first kappa shape index (κ1) is 14.8. The minimum absolute atomic E-state index is 0.0645. The Bertz CT molecular complexity index is 452. The molecule has 3 rings (SSSR count). The van der Waals surface area contributed by atoms with Gasteiger partial charge in [0.25, 0.3) is 0 Å². The molecular weight excluding hydrogens is 288 g/mol. The highest BCUT2D eigenvalue weighted by atomic mass is 32.2. The number of ether oxygens (including phenoxy) is 1. The minimum Gasteiger partial charge on any atom is -0.392 e. The van der Waals surface area contributed by atoms with Crippen LogP contribution in [-0.2, 0) is 11.2 Å². The number of benzene rings is 1. The van der Waals surface area contributed by atoms with E-state index in [9.17, 15) is 5.11 Å². The van der Waals surface area contributed by atoms with Crippen molar-refractivity contribution in [3.63, 3.8) is 0 Å². The van der Waals surface area contributed by atoms with Gasteiger partial charge in [-0.1, -0.05) is 31.2 Å². The van der Waals surface area contributed by atoms with Crippen LogP contribution < -0.4 is 0 Å². The molecule has 110 valence electrons. The van der Waals surface area contributed by atoms with E-state index >= 15 is 0 Å². The van der Waals surface area contributed by atoms with Crippen LogP contribution in [0.5, 0.6) is 0 Å². The molecule has 1 aromatic carbocycles. The lowest BCUT2D eigenvalue weighted by Crippen LogP contribution is -2.36. The van der Waals surface area contributed by atoms with Gasteiger partial charge in [-0.25, -0.2) is 0 Å². The molecule has 0 aliphatic carbocycles. The van der Waals surface area contributed by atoms with Gasteiger partial charge in [-0.05, 0) is 17.5 Å². The van der Waals surface area contributed by atoms with E-state index in [1.54, 1.807) is 0 Å². The van der Waals surface area contributed by atoms with Crippen molar-refractivity contribution < 1.29 is 9.84 Å². The van der Waals surface area contributed by atoms with Crippen molar-refractivity contribution in [1.29, 1.82) is 0 Å². The largest absolute Gasteiger partial charge is 0.392 e. The second-order valence-electron chi connectivity index (χ2n) is 5.52. The van der Waals surface area contributed by atoms with Crippen LogP contribution in [0.1, 0.15) is 30.6 Å². The molecule has 0 spiro atoms. The summed E-state index contributed by atoms with van der Waals surface area (Å²) in [4.78, 5) is 0. The lowest BCUT2D eigenvalue weighted by molar-refractivity contribution is 0.00409. The molecule has 2 aliphatic heterocycles. The Morgan fingerprint density at radius 2 is 2.10 bits per heavy atom. The zero-order valence-corrected chi connectivity index (χ0v) is 13.5. The number of thioether (sulfide) groups is 2. The number of aliphatic hydroxyl groups is 1. The molecule has 0 radical (unpaired) electrons. The SMILES string of the molecule is CC1SCCSC1C(O)CC1OCCc2ccccc21. The quantitative estimate of drug-likeness (QED) is 0.928. The average molecular weight is 310 g/mol. The van der Waals surface area contributed by atoms with Crippen molar-refractivity contribution in [2.75, 3.05) is 18.1 Å². The Hall–Kier alpha value is -0.160. The molecule has 0 saturated carbocycles. The third-order valence-electron chi connectivity index (χ3n) is 4.16. The molecule has 4 heteroatoms. The Kier molecular flexibility index (Phi) is 4.97. The molecular formula is C16H22O2S2. The zero-order chi connectivity index (χ0) is 13.9. The van der Waals surface area contributed by atoms with Crippen LogP contribution in [0.15, 0.2) is 24.3 Å². The van der Waals surface area contributed by atoms with Gasteiger partial charge in [0.05, 0.1) is 18.8 Å². The monoisotopic (exact) mass is 310 g/mol. The van der Waals surface area contributed by atoms with E-state index in [0.717, 1.165) is 25.2 Å². The summed E-state index contributed by atoms with van der Waals surface area (Å²) in [6, 6.07) is 8.50. The highest BCUT2D eigenvalue weighted by Crippen LogP contribution is 2.37. The Morgan fingerprint density at radius 3 is 2.95 bits per heavy atom.